The number of nitrogens with zero attached hydrogens (tertiary/aromatic N) is 1. The van der Waals surface area contributed by atoms with E-state index in [9.17, 15) is 19.2 Å². The Morgan fingerprint density at radius 3 is 2.26 bits per heavy atom. The molecule has 1 aromatic heterocycles. The smallest absolute Gasteiger partial charge is 0.334 e. The van der Waals surface area contributed by atoms with E-state index in [4.69, 9.17) is 9.47 Å². The maximum Gasteiger partial charge on any atom is 0.334 e. The first-order valence-corrected chi connectivity index (χ1v) is 16.0. The number of amides is 2. The third-order valence-electron chi connectivity index (χ3n) is 9.09. The van der Waals surface area contributed by atoms with Crippen molar-refractivity contribution in [3.8, 4) is 16.9 Å². The zero-order chi connectivity index (χ0) is 32.4. The highest BCUT2D eigenvalue weighted by atomic mass is 16.5. The van der Waals surface area contributed by atoms with Gasteiger partial charge in [-0.25, -0.2) is 4.79 Å². The Balaban J connectivity index is 1.05. The van der Waals surface area contributed by atoms with Crippen LogP contribution in [0.1, 0.15) is 57.1 Å². The van der Waals surface area contributed by atoms with Crippen molar-refractivity contribution in [2.45, 2.75) is 58.0 Å². The molecule has 46 heavy (non-hydrogen) atoms. The van der Waals surface area contributed by atoms with Crippen LogP contribution in [0.2, 0.25) is 0 Å². The predicted molar refractivity (Wildman–Crippen MR) is 174 cm³/mol. The second kappa shape index (κ2) is 13.2. The molecule has 2 amide bonds. The van der Waals surface area contributed by atoms with Gasteiger partial charge >= 0.3 is 11.9 Å². The summed E-state index contributed by atoms with van der Waals surface area (Å²) in [6.07, 6.45) is 2.65. The molecule has 1 saturated heterocycles. The SMILES string of the molecule is CC(C)[C@H](NC(=O)[C@@H]1CCCN1C(=O)[C@H](C)CC(=O)OCC1c2ccccc2-c2ccccc21)C(=O)Oc1c[nH]c2ccccc12. The third kappa shape index (κ3) is 6.14. The molecule has 3 aromatic carbocycles. The summed E-state index contributed by atoms with van der Waals surface area (Å²) in [5, 5.41) is 3.61. The maximum atomic E-state index is 13.5. The Morgan fingerprint density at radius 1 is 0.913 bits per heavy atom. The van der Waals surface area contributed by atoms with Crippen LogP contribution in [-0.4, -0.2) is 58.9 Å². The number of likely N-dealkylation sites (tertiary alicyclic amines) is 1. The van der Waals surface area contributed by atoms with Gasteiger partial charge in [0.25, 0.3) is 0 Å². The highest BCUT2D eigenvalue weighted by Gasteiger charge is 2.39. The number of H-pyrrole nitrogens is 1. The molecule has 0 radical (unpaired) electrons. The number of hydrogen-bond acceptors (Lipinski definition) is 6. The zero-order valence-corrected chi connectivity index (χ0v) is 26.3. The number of esters is 2. The first kappa shape index (κ1) is 31.1. The van der Waals surface area contributed by atoms with Gasteiger partial charge in [-0.15, -0.1) is 0 Å². The van der Waals surface area contributed by atoms with Crippen molar-refractivity contribution in [2.24, 2.45) is 11.8 Å². The molecule has 9 nitrogen and oxygen atoms in total. The second-order valence-corrected chi connectivity index (χ2v) is 12.6. The van der Waals surface area contributed by atoms with Crippen LogP contribution in [0.5, 0.6) is 5.75 Å². The van der Waals surface area contributed by atoms with Gasteiger partial charge in [0.05, 0.1) is 6.42 Å². The standard InChI is InChI=1S/C37H39N3O6/c1-22(2)34(37(44)46-32-20-38-30-16-9-8-15-28(30)32)39-35(42)31-17-10-18-40(31)36(43)23(3)19-33(41)45-21-29-26-13-6-4-11-24(26)25-12-5-7-14-27(25)29/h4-9,11-16,20,22-23,29,31,34,38H,10,17-19,21H2,1-3H3,(H,39,42)/t23-,31+,34+/m1/s1. The topological polar surface area (TPSA) is 118 Å². The summed E-state index contributed by atoms with van der Waals surface area (Å²) in [6.45, 7) is 5.93. The molecule has 0 bridgehead atoms. The molecule has 238 valence electrons. The van der Waals surface area contributed by atoms with Gasteiger partial charge in [0.15, 0.2) is 5.75 Å². The van der Waals surface area contributed by atoms with Crippen LogP contribution >= 0.6 is 0 Å². The van der Waals surface area contributed by atoms with E-state index in [0.717, 1.165) is 33.2 Å². The molecule has 6 rings (SSSR count). The van der Waals surface area contributed by atoms with E-state index in [2.05, 4.69) is 34.6 Å². The number of nitrogens with one attached hydrogen (secondary N) is 2. The largest absolute Gasteiger partial charge is 0.465 e. The molecular formula is C37H39N3O6. The minimum Gasteiger partial charge on any atom is -0.465 e. The van der Waals surface area contributed by atoms with Crippen molar-refractivity contribution in [3.05, 3.63) is 90.1 Å². The highest BCUT2D eigenvalue weighted by Crippen LogP contribution is 2.44. The summed E-state index contributed by atoms with van der Waals surface area (Å²) in [6, 6.07) is 22.1. The lowest BCUT2D eigenvalue weighted by atomic mass is 9.98. The van der Waals surface area contributed by atoms with Crippen molar-refractivity contribution in [2.75, 3.05) is 13.2 Å². The fraction of sp³-hybridized carbons (Fsp3) is 0.351. The summed E-state index contributed by atoms with van der Waals surface area (Å²) in [7, 11) is 0. The van der Waals surface area contributed by atoms with Crippen LogP contribution in [0.4, 0.5) is 0 Å². The molecule has 1 aliphatic carbocycles. The summed E-state index contributed by atoms with van der Waals surface area (Å²) < 4.78 is 11.4. The molecule has 4 aromatic rings. The number of rotatable bonds is 10. The second-order valence-electron chi connectivity index (χ2n) is 12.6. The molecule has 1 fully saturated rings. The monoisotopic (exact) mass is 621 g/mol. The van der Waals surface area contributed by atoms with Gasteiger partial charge in [0.1, 0.15) is 18.7 Å². The summed E-state index contributed by atoms with van der Waals surface area (Å²) in [5.74, 6) is -2.32. The molecule has 3 atom stereocenters. The minimum absolute atomic E-state index is 0.0643. The molecule has 2 N–H and O–H groups in total. The van der Waals surface area contributed by atoms with Gasteiger partial charge in [0.2, 0.25) is 11.8 Å². The van der Waals surface area contributed by atoms with Crippen molar-refractivity contribution < 1.29 is 28.7 Å². The lowest BCUT2D eigenvalue weighted by Crippen LogP contribution is -2.54. The number of benzene rings is 3. The molecule has 9 heteroatoms. The average Bonchev–Trinajstić information content (AvgIpc) is 3.78. The number of carbonyl (C=O) groups excluding carboxylic acids is 4. The van der Waals surface area contributed by atoms with E-state index in [1.54, 1.807) is 13.1 Å². The van der Waals surface area contributed by atoms with Crippen molar-refractivity contribution in [1.29, 1.82) is 0 Å². The number of aromatic nitrogens is 1. The van der Waals surface area contributed by atoms with Crippen LogP contribution in [-0.2, 0) is 23.9 Å². The van der Waals surface area contributed by atoms with E-state index in [-0.39, 0.29) is 30.8 Å². The number of hydrogen-bond donors (Lipinski definition) is 2. The summed E-state index contributed by atoms with van der Waals surface area (Å²) >= 11 is 0. The lowest BCUT2D eigenvalue weighted by Gasteiger charge is -2.29. The van der Waals surface area contributed by atoms with E-state index in [0.29, 0.717) is 25.1 Å². The van der Waals surface area contributed by atoms with Crippen LogP contribution in [0.3, 0.4) is 0 Å². The third-order valence-corrected chi connectivity index (χ3v) is 9.09. The van der Waals surface area contributed by atoms with Crippen molar-refractivity contribution in [1.82, 2.24) is 15.2 Å². The highest BCUT2D eigenvalue weighted by molar-refractivity contribution is 5.94. The number of aromatic amines is 1. The Bertz CT molecular complexity index is 1730. The summed E-state index contributed by atoms with van der Waals surface area (Å²) in [5.41, 5.74) is 5.37. The molecule has 2 heterocycles. The van der Waals surface area contributed by atoms with Crippen LogP contribution in [0.25, 0.3) is 22.0 Å². The maximum absolute atomic E-state index is 13.5. The Hall–Kier alpha value is -4.92. The van der Waals surface area contributed by atoms with Gasteiger partial charge < -0.3 is 24.7 Å². The fourth-order valence-electron chi connectivity index (χ4n) is 6.65. The molecule has 0 unspecified atom stereocenters. The molecule has 0 saturated carbocycles. The lowest BCUT2D eigenvalue weighted by molar-refractivity contribution is -0.150. The van der Waals surface area contributed by atoms with Crippen LogP contribution in [0, 0.1) is 11.8 Å². The van der Waals surface area contributed by atoms with Gasteiger partial charge in [-0.2, -0.15) is 0 Å². The van der Waals surface area contributed by atoms with E-state index in [1.165, 1.54) is 4.90 Å². The normalized spacial score (nSPS) is 17.0. The summed E-state index contributed by atoms with van der Waals surface area (Å²) in [4.78, 5) is 57.8. The Labute approximate surface area is 268 Å². The van der Waals surface area contributed by atoms with E-state index >= 15 is 0 Å². The van der Waals surface area contributed by atoms with Gasteiger partial charge in [-0.05, 0) is 53.1 Å². The number of fused-ring (bicyclic) bond motifs is 4. The quantitative estimate of drug-likeness (QED) is 0.223. The van der Waals surface area contributed by atoms with Gasteiger partial charge in [0, 0.05) is 35.5 Å². The van der Waals surface area contributed by atoms with Crippen molar-refractivity contribution in [3.63, 3.8) is 0 Å². The van der Waals surface area contributed by atoms with E-state index in [1.807, 2.05) is 62.4 Å². The zero-order valence-electron chi connectivity index (χ0n) is 26.3. The molecule has 2 aliphatic rings. The van der Waals surface area contributed by atoms with Gasteiger partial charge in [-0.3, -0.25) is 14.4 Å². The predicted octanol–water partition coefficient (Wildman–Crippen LogP) is 5.59. The number of ether oxygens (including phenoxy) is 2. The minimum atomic E-state index is -0.906. The molecular weight excluding hydrogens is 582 g/mol. The molecule has 0 spiro atoms. The Morgan fingerprint density at radius 2 is 1.57 bits per heavy atom. The van der Waals surface area contributed by atoms with Gasteiger partial charge in [-0.1, -0.05) is 81.4 Å². The first-order chi connectivity index (χ1) is 22.2. The van der Waals surface area contributed by atoms with Crippen LogP contribution < -0.4 is 10.1 Å². The average molecular weight is 622 g/mol. The van der Waals surface area contributed by atoms with Crippen LogP contribution in [0.15, 0.2) is 79.0 Å². The first-order valence-electron chi connectivity index (χ1n) is 16.0. The van der Waals surface area contributed by atoms with E-state index < -0.39 is 35.8 Å². The fourth-order valence-corrected chi connectivity index (χ4v) is 6.65. The van der Waals surface area contributed by atoms with Crippen molar-refractivity contribution >= 4 is 34.7 Å². The number of carbonyl (C=O) groups is 4. The Kier molecular flexibility index (Phi) is 8.92. The molecule has 1 aliphatic heterocycles. The number of para-hydroxylation sites is 1.